The van der Waals surface area contributed by atoms with Crippen molar-refractivity contribution in [3.05, 3.63) is 0 Å². The second-order valence-corrected chi connectivity index (χ2v) is 8.57. The quantitative estimate of drug-likeness (QED) is 0.811. The number of hydrogen-bond donors (Lipinski definition) is 1. The number of likely N-dealkylation sites (tertiary alicyclic amines) is 2. The Balaban J connectivity index is 1.96. The lowest BCUT2D eigenvalue weighted by Crippen LogP contribution is -2.57. The van der Waals surface area contributed by atoms with Crippen molar-refractivity contribution in [3.8, 4) is 0 Å². The fourth-order valence-corrected chi connectivity index (χ4v) is 4.57. The summed E-state index contributed by atoms with van der Waals surface area (Å²) in [5.74, 6) is 0. The molecule has 2 saturated heterocycles. The molecule has 4 heteroatoms. The Bertz CT molecular complexity index is 339. The van der Waals surface area contributed by atoms with Gasteiger partial charge in [-0.3, -0.25) is 4.90 Å². The average molecular weight is 312 g/mol. The van der Waals surface area contributed by atoms with E-state index in [1.165, 1.54) is 45.3 Å². The molecule has 1 N–H and O–H groups in total. The van der Waals surface area contributed by atoms with Gasteiger partial charge in [0.1, 0.15) is 0 Å². The summed E-state index contributed by atoms with van der Waals surface area (Å²) in [6, 6.07) is 0. The first kappa shape index (κ1) is 18.2. The van der Waals surface area contributed by atoms with Crippen LogP contribution < -0.4 is 0 Å². The molecule has 2 rings (SSSR count). The highest BCUT2D eigenvalue weighted by Crippen LogP contribution is 2.32. The minimum atomic E-state index is 0.0692. The lowest BCUT2D eigenvalue weighted by molar-refractivity contribution is -0.0141. The minimum absolute atomic E-state index is 0.0692. The van der Waals surface area contributed by atoms with Gasteiger partial charge in [0.05, 0.1) is 6.61 Å². The molecule has 0 saturated carbocycles. The molecule has 1 atom stereocenters. The van der Waals surface area contributed by atoms with Crippen molar-refractivity contribution in [3.63, 3.8) is 0 Å². The molecular formula is C18H37N3O. The molecule has 22 heavy (non-hydrogen) atoms. The molecule has 2 aliphatic heterocycles. The maximum atomic E-state index is 9.99. The summed E-state index contributed by atoms with van der Waals surface area (Å²) in [6.07, 6.45) is 6.47. The molecule has 130 valence electrons. The van der Waals surface area contributed by atoms with Gasteiger partial charge < -0.3 is 14.9 Å². The molecule has 0 aromatic heterocycles. The predicted octanol–water partition coefficient (Wildman–Crippen LogP) is 1.89. The Morgan fingerprint density at radius 2 is 1.73 bits per heavy atom. The smallest absolute Gasteiger partial charge is 0.0512 e. The zero-order valence-corrected chi connectivity index (χ0v) is 15.3. The van der Waals surface area contributed by atoms with E-state index in [9.17, 15) is 5.11 Å². The standard InChI is InChI=1S/C18H37N3O/c1-17(2,21-11-6-5-7-12-21)13-20-10-8-9-18(15-20,16-22)14-19(3)4/h22H,5-16H2,1-4H3. The van der Waals surface area contributed by atoms with E-state index in [4.69, 9.17) is 0 Å². The lowest BCUT2D eigenvalue weighted by Gasteiger charge is -2.48. The molecule has 4 nitrogen and oxygen atoms in total. The summed E-state index contributed by atoms with van der Waals surface area (Å²) in [7, 11) is 4.24. The van der Waals surface area contributed by atoms with Crippen LogP contribution >= 0.6 is 0 Å². The molecule has 0 radical (unpaired) electrons. The number of nitrogens with zero attached hydrogens (tertiary/aromatic N) is 3. The van der Waals surface area contributed by atoms with Crippen molar-refractivity contribution < 1.29 is 5.11 Å². The average Bonchev–Trinajstić information content (AvgIpc) is 2.47. The Labute approximate surface area is 137 Å². The van der Waals surface area contributed by atoms with Crippen molar-refractivity contribution in [1.29, 1.82) is 0 Å². The molecule has 0 bridgehead atoms. The molecule has 0 aliphatic carbocycles. The van der Waals surface area contributed by atoms with Gasteiger partial charge in [-0.25, -0.2) is 0 Å². The van der Waals surface area contributed by atoms with Gasteiger partial charge in [0, 0.05) is 30.6 Å². The molecular weight excluding hydrogens is 274 g/mol. The van der Waals surface area contributed by atoms with Crippen LogP contribution in [0.15, 0.2) is 0 Å². The Morgan fingerprint density at radius 3 is 2.32 bits per heavy atom. The summed E-state index contributed by atoms with van der Waals surface area (Å²) in [4.78, 5) is 7.52. The molecule has 2 aliphatic rings. The molecule has 1 unspecified atom stereocenters. The molecule has 0 amide bonds. The SMILES string of the molecule is CN(C)CC1(CO)CCCN(CC(C)(C)N2CCCCC2)C1. The topological polar surface area (TPSA) is 30.0 Å². The third kappa shape index (κ3) is 4.67. The van der Waals surface area contributed by atoms with E-state index in [1.807, 2.05) is 0 Å². The molecule has 0 aromatic rings. The number of aliphatic hydroxyl groups excluding tert-OH is 1. The molecule has 0 aromatic carbocycles. The normalized spacial score (nSPS) is 29.2. The van der Waals surface area contributed by atoms with Crippen LogP contribution in [0, 0.1) is 5.41 Å². The summed E-state index contributed by atoms with van der Waals surface area (Å²) < 4.78 is 0. The summed E-state index contributed by atoms with van der Waals surface area (Å²) in [5.41, 5.74) is 0.316. The molecule has 2 fully saturated rings. The Hall–Kier alpha value is -0.160. The van der Waals surface area contributed by atoms with Gasteiger partial charge >= 0.3 is 0 Å². The first-order valence-corrected chi connectivity index (χ1v) is 9.10. The third-order valence-electron chi connectivity index (χ3n) is 5.55. The number of aliphatic hydroxyl groups is 1. The largest absolute Gasteiger partial charge is 0.396 e. The second kappa shape index (κ2) is 7.61. The van der Waals surface area contributed by atoms with Crippen LogP contribution in [0.2, 0.25) is 0 Å². The fraction of sp³-hybridized carbons (Fsp3) is 1.00. The minimum Gasteiger partial charge on any atom is -0.396 e. The first-order chi connectivity index (χ1) is 10.4. The van der Waals surface area contributed by atoms with Crippen molar-refractivity contribution in [2.24, 2.45) is 5.41 Å². The van der Waals surface area contributed by atoms with Gasteiger partial charge in [0.2, 0.25) is 0 Å². The van der Waals surface area contributed by atoms with Crippen molar-refractivity contribution >= 4 is 0 Å². The maximum absolute atomic E-state index is 9.99. The van der Waals surface area contributed by atoms with Gasteiger partial charge in [-0.2, -0.15) is 0 Å². The number of piperidine rings is 2. The van der Waals surface area contributed by atoms with Crippen molar-refractivity contribution in [2.45, 2.75) is 51.5 Å². The van der Waals surface area contributed by atoms with Crippen LogP contribution in [0.25, 0.3) is 0 Å². The van der Waals surface area contributed by atoms with Gasteiger partial charge in [0.15, 0.2) is 0 Å². The highest BCUT2D eigenvalue weighted by atomic mass is 16.3. The van der Waals surface area contributed by atoms with Gasteiger partial charge in [-0.15, -0.1) is 0 Å². The number of rotatable bonds is 6. The second-order valence-electron chi connectivity index (χ2n) is 8.57. The van der Waals surface area contributed by atoms with Crippen LogP contribution in [0.5, 0.6) is 0 Å². The summed E-state index contributed by atoms with van der Waals surface area (Å²) in [6.45, 7) is 12.0. The van der Waals surface area contributed by atoms with Crippen LogP contribution in [-0.4, -0.2) is 85.3 Å². The summed E-state index contributed by atoms with van der Waals surface area (Å²) in [5, 5.41) is 9.99. The monoisotopic (exact) mass is 311 g/mol. The maximum Gasteiger partial charge on any atom is 0.0512 e. The Kier molecular flexibility index (Phi) is 6.29. The van der Waals surface area contributed by atoms with Crippen LogP contribution in [0.3, 0.4) is 0 Å². The first-order valence-electron chi connectivity index (χ1n) is 9.10. The van der Waals surface area contributed by atoms with Crippen LogP contribution in [0.1, 0.15) is 46.0 Å². The lowest BCUT2D eigenvalue weighted by atomic mass is 9.79. The zero-order valence-electron chi connectivity index (χ0n) is 15.3. The number of hydrogen-bond acceptors (Lipinski definition) is 4. The van der Waals surface area contributed by atoms with E-state index in [0.29, 0.717) is 6.61 Å². The van der Waals surface area contributed by atoms with Gasteiger partial charge in [0.25, 0.3) is 0 Å². The van der Waals surface area contributed by atoms with Crippen molar-refractivity contribution in [1.82, 2.24) is 14.7 Å². The molecule has 2 heterocycles. The van der Waals surface area contributed by atoms with Crippen LogP contribution in [0.4, 0.5) is 0 Å². The van der Waals surface area contributed by atoms with Crippen LogP contribution in [-0.2, 0) is 0 Å². The molecule has 0 spiro atoms. The highest BCUT2D eigenvalue weighted by molar-refractivity contribution is 4.93. The Morgan fingerprint density at radius 1 is 1.05 bits per heavy atom. The van der Waals surface area contributed by atoms with Crippen molar-refractivity contribution in [2.75, 3.05) is 60.0 Å². The van der Waals surface area contributed by atoms with E-state index in [0.717, 1.165) is 26.1 Å². The highest BCUT2D eigenvalue weighted by Gasteiger charge is 2.38. The summed E-state index contributed by atoms with van der Waals surface area (Å²) >= 11 is 0. The zero-order chi connectivity index (χ0) is 16.2. The van der Waals surface area contributed by atoms with E-state index in [-0.39, 0.29) is 11.0 Å². The predicted molar refractivity (Wildman–Crippen MR) is 93.2 cm³/mol. The fourth-order valence-electron chi connectivity index (χ4n) is 4.57. The van der Waals surface area contributed by atoms with E-state index < -0.39 is 0 Å². The van der Waals surface area contributed by atoms with E-state index in [1.54, 1.807) is 0 Å². The van der Waals surface area contributed by atoms with Gasteiger partial charge in [-0.05, 0) is 73.3 Å². The van der Waals surface area contributed by atoms with E-state index >= 15 is 0 Å². The third-order valence-corrected chi connectivity index (χ3v) is 5.55. The van der Waals surface area contributed by atoms with Gasteiger partial charge in [-0.1, -0.05) is 6.42 Å². The van der Waals surface area contributed by atoms with E-state index in [2.05, 4.69) is 42.6 Å².